The molecular formula is C9H12N2OS. The Labute approximate surface area is 80.7 Å². The van der Waals surface area contributed by atoms with Crippen LogP contribution >= 0.6 is 0 Å². The number of nitrogens with zero attached hydrogens (tertiary/aromatic N) is 2. The number of benzene rings is 1. The van der Waals surface area contributed by atoms with Crippen LogP contribution in [-0.2, 0) is 11.2 Å². The highest BCUT2D eigenvalue weighted by Crippen LogP contribution is 2.38. The maximum atomic E-state index is 11.7. The van der Waals surface area contributed by atoms with Crippen molar-refractivity contribution in [1.29, 1.82) is 0 Å². The molecule has 1 aliphatic heterocycles. The van der Waals surface area contributed by atoms with Crippen LogP contribution in [0.4, 0.5) is 11.4 Å². The van der Waals surface area contributed by atoms with Gasteiger partial charge in [-0.1, -0.05) is 12.1 Å². The zero-order chi connectivity index (χ0) is 9.59. The average molecular weight is 196 g/mol. The average Bonchev–Trinajstić information content (AvgIpc) is 2.33. The molecule has 0 amide bonds. The highest BCUT2D eigenvalue weighted by Gasteiger charge is 2.28. The third-order valence-electron chi connectivity index (χ3n) is 2.34. The van der Waals surface area contributed by atoms with E-state index in [1.807, 2.05) is 39.2 Å². The third kappa shape index (κ3) is 1.05. The first-order valence-electron chi connectivity index (χ1n) is 4.12. The van der Waals surface area contributed by atoms with E-state index < -0.39 is 11.2 Å². The summed E-state index contributed by atoms with van der Waals surface area (Å²) in [5.74, 6) is 0. The maximum Gasteiger partial charge on any atom is 0.225 e. The van der Waals surface area contributed by atoms with Crippen molar-refractivity contribution < 1.29 is 4.21 Å². The van der Waals surface area contributed by atoms with Gasteiger partial charge in [-0.15, -0.1) is 0 Å². The SMILES string of the molecule is Cc1cccc2c1N(C)S(=O)N2C. The first-order valence-corrected chi connectivity index (χ1v) is 5.18. The second-order valence-electron chi connectivity index (χ2n) is 3.17. The Balaban J connectivity index is 2.66. The summed E-state index contributed by atoms with van der Waals surface area (Å²) in [6.45, 7) is 2.03. The van der Waals surface area contributed by atoms with Gasteiger partial charge >= 0.3 is 0 Å². The molecule has 0 saturated carbocycles. The molecule has 3 nitrogen and oxygen atoms in total. The van der Waals surface area contributed by atoms with Gasteiger partial charge in [0.15, 0.2) is 0 Å². The van der Waals surface area contributed by atoms with Gasteiger partial charge in [-0.05, 0) is 18.6 Å². The van der Waals surface area contributed by atoms with Crippen molar-refractivity contribution in [3.8, 4) is 0 Å². The van der Waals surface area contributed by atoms with E-state index in [0.29, 0.717) is 0 Å². The van der Waals surface area contributed by atoms with Crippen molar-refractivity contribution in [2.75, 3.05) is 22.7 Å². The van der Waals surface area contributed by atoms with E-state index in [1.165, 1.54) is 0 Å². The summed E-state index contributed by atoms with van der Waals surface area (Å²) in [6.07, 6.45) is 0. The number of anilines is 2. The second kappa shape index (κ2) is 2.73. The molecule has 1 aromatic rings. The van der Waals surface area contributed by atoms with Crippen LogP contribution in [0.15, 0.2) is 18.2 Å². The van der Waals surface area contributed by atoms with Gasteiger partial charge in [0, 0.05) is 14.1 Å². The lowest BCUT2D eigenvalue weighted by molar-refractivity contribution is 0.682. The molecule has 0 spiro atoms. The standard InChI is InChI=1S/C9H12N2OS/c1-7-5-4-6-8-9(7)11(3)13(12)10(8)2/h4-6H,1-3H3. The molecule has 70 valence electrons. The van der Waals surface area contributed by atoms with E-state index >= 15 is 0 Å². The molecule has 13 heavy (non-hydrogen) atoms. The van der Waals surface area contributed by atoms with Gasteiger partial charge in [0.05, 0.1) is 11.4 Å². The summed E-state index contributed by atoms with van der Waals surface area (Å²) in [7, 11) is 3.70. The van der Waals surface area contributed by atoms with Crippen molar-refractivity contribution >= 4 is 22.5 Å². The highest BCUT2D eigenvalue weighted by molar-refractivity contribution is 7.88. The van der Waals surface area contributed by atoms with Gasteiger partial charge in [0.25, 0.3) is 0 Å². The molecule has 1 aliphatic rings. The molecule has 0 aromatic heterocycles. The lowest BCUT2D eigenvalue weighted by Gasteiger charge is -2.11. The van der Waals surface area contributed by atoms with Gasteiger partial charge in [-0.3, -0.25) is 8.61 Å². The predicted molar refractivity (Wildman–Crippen MR) is 56.1 cm³/mol. The lowest BCUT2D eigenvalue weighted by atomic mass is 10.1. The highest BCUT2D eigenvalue weighted by atomic mass is 32.2. The smallest absolute Gasteiger partial charge is 0.225 e. The molecule has 0 fully saturated rings. The summed E-state index contributed by atoms with van der Waals surface area (Å²) in [6, 6.07) is 6.01. The van der Waals surface area contributed by atoms with Gasteiger partial charge in [-0.25, -0.2) is 4.21 Å². The Morgan fingerprint density at radius 1 is 1.23 bits per heavy atom. The molecule has 1 aromatic carbocycles. The van der Waals surface area contributed by atoms with Crippen LogP contribution in [0, 0.1) is 6.92 Å². The summed E-state index contributed by atoms with van der Waals surface area (Å²) in [4.78, 5) is 0. The van der Waals surface area contributed by atoms with E-state index in [0.717, 1.165) is 16.9 Å². The molecule has 1 unspecified atom stereocenters. The third-order valence-corrected chi connectivity index (χ3v) is 3.66. The molecular weight excluding hydrogens is 184 g/mol. The van der Waals surface area contributed by atoms with Crippen LogP contribution < -0.4 is 8.61 Å². The number of hydrogen-bond acceptors (Lipinski definition) is 1. The summed E-state index contributed by atoms with van der Waals surface area (Å²) < 4.78 is 15.3. The molecule has 2 rings (SSSR count). The van der Waals surface area contributed by atoms with Crippen LogP contribution in [-0.4, -0.2) is 18.3 Å². The largest absolute Gasteiger partial charge is 0.275 e. The van der Waals surface area contributed by atoms with Crippen molar-refractivity contribution in [2.45, 2.75) is 6.92 Å². The maximum absolute atomic E-state index is 11.7. The van der Waals surface area contributed by atoms with E-state index in [2.05, 4.69) is 0 Å². The summed E-state index contributed by atoms with van der Waals surface area (Å²) in [5, 5.41) is 0. The van der Waals surface area contributed by atoms with Crippen molar-refractivity contribution in [2.24, 2.45) is 0 Å². The first-order chi connectivity index (χ1) is 6.13. The van der Waals surface area contributed by atoms with Crippen LogP contribution in [0.1, 0.15) is 5.56 Å². The molecule has 1 atom stereocenters. The van der Waals surface area contributed by atoms with Gasteiger partial charge in [0.2, 0.25) is 11.2 Å². The Hall–Kier alpha value is -1.03. The quantitative estimate of drug-likeness (QED) is 0.616. The number of fused-ring (bicyclic) bond motifs is 1. The minimum absolute atomic E-state index is 1.04. The molecule has 0 N–H and O–H groups in total. The van der Waals surface area contributed by atoms with E-state index in [9.17, 15) is 4.21 Å². The fourth-order valence-electron chi connectivity index (χ4n) is 1.65. The predicted octanol–water partition coefficient (Wildman–Crippen LogP) is 1.46. The fourth-order valence-corrected chi connectivity index (χ4v) is 2.73. The Kier molecular flexibility index (Phi) is 1.80. The first kappa shape index (κ1) is 8.56. The molecule has 1 heterocycles. The van der Waals surface area contributed by atoms with E-state index in [4.69, 9.17) is 0 Å². The number of rotatable bonds is 0. The van der Waals surface area contributed by atoms with Crippen LogP contribution in [0.2, 0.25) is 0 Å². The Morgan fingerprint density at radius 3 is 2.54 bits per heavy atom. The van der Waals surface area contributed by atoms with Crippen molar-refractivity contribution in [3.63, 3.8) is 0 Å². The van der Waals surface area contributed by atoms with E-state index in [1.54, 1.807) is 8.61 Å². The molecule has 0 bridgehead atoms. The van der Waals surface area contributed by atoms with Crippen LogP contribution in [0.5, 0.6) is 0 Å². The van der Waals surface area contributed by atoms with Gasteiger partial charge in [-0.2, -0.15) is 0 Å². The van der Waals surface area contributed by atoms with Gasteiger partial charge in [0.1, 0.15) is 0 Å². The summed E-state index contributed by atoms with van der Waals surface area (Å²) in [5.41, 5.74) is 3.28. The second-order valence-corrected chi connectivity index (χ2v) is 4.73. The monoisotopic (exact) mass is 196 g/mol. The van der Waals surface area contributed by atoms with Gasteiger partial charge < -0.3 is 0 Å². The molecule has 0 aliphatic carbocycles. The molecule has 4 heteroatoms. The number of aryl methyl sites for hydroxylation is 1. The summed E-state index contributed by atoms with van der Waals surface area (Å²) >= 11 is -1.05. The fraction of sp³-hybridized carbons (Fsp3) is 0.333. The molecule has 0 radical (unpaired) electrons. The number of hydrogen-bond donors (Lipinski definition) is 0. The topological polar surface area (TPSA) is 23.6 Å². The van der Waals surface area contributed by atoms with Crippen molar-refractivity contribution in [1.82, 2.24) is 0 Å². The zero-order valence-electron chi connectivity index (χ0n) is 7.94. The van der Waals surface area contributed by atoms with Crippen LogP contribution in [0.3, 0.4) is 0 Å². The minimum Gasteiger partial charge on any atom is -0.275 e. The normalized spacial score (nSPS) is 20.7. The number of para-hydroxylation sites is 1. The minimum atomic E-state index is -1.05. The van der Waals surface area contributed by atoms with E-state index in [-0.39, 0.29) is 0 Å². The Morgan fingerprint density at radius 2 is 1.92 bits per heavy atom. The van der Waals surface area contributed by atoms with Crippen LogP contribution in [0.25, 0.3) is 0 Å². The lowest BCUT2D eigenvalue weighted by Crippen LogP contribution is -2.25. The van der Waals surface area contributed by atoms with Crippen molar-refractivity contribution in [3.05, 3.63) is 23.8 Å². The zero-order valence-corrected chi connectivity index (χ0v) is 8.76. The Bertz CT molecular complexity index is 378. The molecule has 0 saturated heterocycles.